The first-order valence-electron chi connectivity index (χ1n) is 2.88. The maximum atomic E-state index is 12.5. The molecule has 0 heterocycles. The second kappa shape index (κ2) is 4.91. The van der Waals surface area contributed by atoms with E-state index in [2.05, 4.69) is 0 Å². The van der Waals surface area contributed by atoms with Crippen LogP contribution in [0.3, 0.4) is 0 Å². The summed E-state index contributed by atoms with van der Waals surface area (Å²) in [6.45, 7) is 0. The van der Waals surface area contributed by atoms with E-state index in [0.29, 0.717) is 6.07 Å². The molecule has 0 aromatic heterocycles. The van der Waals surface area contributed by atoms with Crippen molar-refractivity contribution in [2.75, 3.05) is 0 Å². The average Bonchev–Trinajstić information content (AvgIpc) is 1.99. The van der Waals surface area contributed by atoms with E-state index in [1.165, 1.54) is 0 Å². The number of carboxylic acid groups (broad SMARTS) is 1. The summed E-state index contributed by atoms with van der Waals surface area (Å²) >= 11 is 5.16. The molecule has 2 nitrogen and oxygen atoms in total. The zero-order valence-corrected chi connectivity index (χ0v) is 9.36. The first-order valence-corrected chi connectivity index (χ1v) is 3.26. The molecule has 0 aliphatic rings. The minimum absolute atomic E-state index is 0. The van der Waals surface area contributed by atoms with Crippen molar-refractivity contribution in [1.29, 1.82) is 0 Å². The van der Waals surface area contributed by atoms with Gasteiger partial charge in [0.2, 0.25) is 0 Å². The average molecular weight is 215 g/mol. The molecule has 0 spiro atoms. The van der Waals surface area contributed by atoms with Gasteiger partial charge in [0, 0.05) is 5.56 Å². The molecule has 1 aromatic rings. The zero-order valence-electron chi connectivity index (χ0n) is 6.61. The smallest absolute Gasteiger partial charge is 0.545 e. The Hall–Kier alpha value is -0.160. The monoisotopic (exact) mass is 214 g/mol. The fraction of sp³-hybridized carbons (Fsp3) is 0. The Kier molecular flexibility index (Phi) is 4.85. The van der Waals surface area contributed by atoms with Gasteiger partial charge in [-0.05, 0) is 12.1 Å². The number of benzene rings is 1. The Bertz CT molecular complexity index is 320. The summed E-state index contributed by atoms with van der Waals surface area (Å²) in [7, 11) is 0. The van der Waals surface area contributed by atoms with Crippen LogP contribution >= 0.6 is 11.6 Å². The quantitative estimate of drug-likeness (QED) is 0.400. The first-order chi connectivity index (χ1) is 5.52. The topological polar surface area (TPSA) is 40.1 Å². The number of rotatable bonds is 1. The molecule has 1 aromatic carbocycles. The van der Waals surface area contributed by atoms with Crippen LogP contribution in [0, 0.1) is 11.6 Å². The maximum absolute atomic E-state index is 12.5. The molecule has 13 heavy (non-hydrogen) atoms. The molecule has 0 saturated heterocycles. The van der Waals surface area contributed by atoms with Crippen molar-refractivity contribution < 1.29 is 48.2 Å². The van der Waals surface area contributed by atoms with Crippen molar-refractivity contribution >= 4 is 17.6 Å². The third kappa shape index (κ3) is 2.91. The minimum Gasteiger partial charge on any atom is -0.545 e. The number of hydrogen-bond donors (Lipinski definition) is 0. The van der Waals surface area contributed by atoms with Gasteiger partial charge in [-0.15, -0.1) is 0 Å². The normalized spacial score (nSPS) is 9.15. The van der Waals surface area contributed by atoms with Crippen molar-refractivity contribution in [1.82, 2.24) is 0 Å². The molecule has 0 radical (unpaired) electrons. The molecule has 0 N–H and O–H groups in total. The van der Waals surface area contributed by atoms with Gasteiger partial charge in [0.1, 0.15) is 0 Å². The van der Waals surface area contributed by atoms with Gasteiger partial charge >= 0.3 is 29.6 Å². The predicted octanol–water partition coefficient (Wildman–Crippen LogP) is -2.01. The minimum atomic E-state index is -1.60. The van der Waals surface area contributed by atoms with Gasteiger partial charge in [0.15, 0.2) is 11.6 Å². The van der Waals surface area contributed by atoms with Crippen molar-refractivity contribution in [2.45, 2.75) is 0 Å². The van der Waals surface area contributed by atoms with Crippen molar-refractivity contribution in [3.8, 4) is 0 Å². The van der Waals surface area contributed by atoms with Gasteiger partial charge in [-0.1, -0.05) is 11.6 Å². The van der Waals surface area contributed by atoms with Crippen LogP contribution in [-0.4, -0.2) is 5.97 Å². The Morgan fingerprint density at radius 3 is 2.31 bits per heavy atom. The molecular weight excluding hydrogens is 213 g/mol. The van der Waals surface area contributed by atoms with E-state index < -0.39 is 28.2 Å². The van der Waals surface area contributed by atoms with Gasteiger partial charge in [0.05, 0.1) is 11.0 Å². The van der Waals surface area contributed by atoms with E-state index in [1.807, 2.05) is 0 Å². The molecule has 0 unspecified atom stereocenters. The Balaban J connectivity index is 0.00000144. The van der Waals surface area contributed by atoms with Crippen molar-refractivity contribution in [3.63, 3.8) is 0 Å². The van der Waals surface area contributed by atoms with Crippen LogP contribution in [0.25, 0.3) is 0 Å². The summed E-state index contributed by atoms with van der Waals surface area (Å²) in [5.41, 5.74) is -0.487. The summed E-state index contributed by atoms with van der Waals surface area (Å²) in [5, 5.41) is 9.58. The van der Waals surface area contributed by atoms with Crippen molar-refractivity contribution in [2.24, 2.45) is 0 Å². The van der Waals surface area contributed by atoms with Crippen molar-refractivity contribution in [3.05, 3.63) is 34.4 Å². The number of carbonyl (C=O) groups excluding carboxylic acids is 1. The first kappa shape index (κ1) is 12.8. The van der Waals surface area contributed by atoms with E-state index >= 15 is 0 Å². The number of carbonyl (C=O) groups is 1. The molecule has 0 bridgehead atoms. The molecule has 0 amide bonds. The Labute approximate surface area is 99.8 Å². The summed E-state index contributed by atoms with van der Waals surface area (Å²) in [6, 6.07) is 1.30. The number of halogens is 3. The summed E-state index contributed by atoms with van der Waals surface area (Å²) in [6.07, 6.45) is 0. The van der Waals surface area contributed by atoms with Crippen LogP contribution in [0.2, 0.25) is 5.02 Å². The summed E-state index contributed by atoms with van der Waals surface area (Å²) in [5.74, 6) is -4.17. The van der Waals surface area contributed by atoms with Gasteiger partial charge in [-0.2, -0.15) is 0 Å². The van der Waals surface area contributed by atoms with E-state index in [0.717, 1.165) is 6.07 Å². The molecule has 0 aliphatic carbocycles. The number of carboxylic acids is 1. The molecule has 0 aliphatic heterocycles. The standard InChI is InChI=1S/C7H3ClF2O2.Na/c8-4-1-3(7(11)12)2-5(9)6(4)10;/h1-2H,(H,11,12);/q;+1/p-1. The maximum Gasteiger partial charge on any atom is 1.00 e. The third-order valence-electron chi connectivity index (χ3n) is 1.22. The Morgan fingerprint density at radius 1 is 1.38 bits per heavy atom. The van der Waals surface area contributed by atoms with E-state index in [-0.39, 0.29) is 29.6 Å². The third-order valence-corrected chi connectivity index (χ3v) is 1.49. The van der Waals surface area contributed by atoms with Gasteiger partial charge in [0.25, 0.3) is 0 Å². The molecular formula is C7H2ClF2NaO2. The van der Waals surface area contributed by atoms with Gasteiger partial charge in [-0.3, -0.25) is 0 Å². The molecule has 64 valence electrons. The van der Waals surface area contributed by atoms with Gasteiger partial charge in [-0.25, -0.2) is 8.78 Å². The zero-order chi connectivity index (χ0) is 9.30. The molecule has 0 fully saturated rings. The second-order valence-corrected chi connectivity index (χ2v) is 2.45. The molecule has 0 saturated carbocycles. The SMILES string of the molecule is O=C([O-])c1cc(F)c(F)c(Cl)c1.[Na+]. The largest absolute Gasteiger partial charge is 1.00 e. The molecule has 0 atom stereocenters. The Morgan fingerprint density at radius 2 is 1.92 bits per heavy atom. The summed E-state index contributed by atoms with van der Waals surface area (Å²) < 4.78 is 24.9. The second-order valence-electron chi connectivity index (χ2n) is 2.04. The van der Waals surface area contributed by atoms with Crippen LogP contribution in [0.5, 0.6) is 0 Å². The van der Waals surface area contributed by atoms with E-state index in [4.69, 9.17) is 11.6 Å². The van der Waals surface area contributed by atoms with Crippen LogP contribution in [0.15, 0.2) is 12.1 Å². The van der Waals surface area contributed by atoms with Crippen LogP contribution in [0.4, 0.5) is 8.78 Å². The fourth-order valence-corrected chi connectivity index (χ4v) is 0.881. The van der Waals surface area contributed by atoms with Gasteiger partial charge < -0.3 is 9.90 Å². The molecule has 1 rings (SSSR count). The van der Waals surface area contributed by atoms with Crippen LogP contribution < -0.4 is 34.7 Å². The van der Waals surface area contributed by atoms with Crippen LogP contribution in [0.1, 0.15) is 10.4 Å². The van der Waals surface area contributed by atoms with E-state index in [9.17, 15) is 18.7 Å². The fourth-order valence-electron chi connectivity index (χ4n) is 0.673. The number of hydrogen-bond acceptors (Lipinski definition) is 2. The molecule has 6 heteroatoms. The summed E-state index contributed by atoms with van der Waals surface area (Å²) in [4.78, 5) is 10.2. The van der Waals surface area contributed by atoms with E-state index in [1.54, 1.807) is 0 Å². The predicted molar refractivity (Wildman–Crippen MR) is 35.7 cm³/mol. The number of aromatic carboxylic acids is 1. The van der Waals surface area contributed by atoms with Crippen LogP contribution in [-0.2, 0) is 0 Å².